The summed E-state index contributed by atoms with van der Waals surface area (Å²) in [5, 5.41) is 0. The zero-order valence-corrected chi connectivity index (χ0v) is 8.39. The average Bonchev–Trinajstić information content (AvgIpc) is 2.15. The maximum absolute atomic E-state index is 12.3. The molecular formula is C11H10F3N. The van der Waals surface area contributed by atoms with Crippen LogP contribution >= 0.6 is 0 Å². The number of nitrogens with zero attached hydrogens (tertiary/aromatic N) is 1. The van der Waals surface area contributed by atoms with E-state index >= 15 is 0 Å². The Labute approximate surface area is 86.4 Å². The molecule has 1 aromatic rings. The van der Waals surface area contributed by atoms with Gasteiger partial charge in [-0.05, 0) is 17.5 Å². The molecule has 0 heterocycles. The smallest absolute Gasteiger partial charge is 0.238 e. The third-order valence-corrected chi connectivity index (χ3v) is 2.10. The highest BCUT2D eigenvalue weighted by atomic mass is 19.4. The van der Waals surface area contributed by atoms with E-state index in [1.165, 1.54) is 6.07 Å². The SMILES string of the molecule is [C-]#[N+]c1cc(C(F)(F)F)ccc1C(C)C. The second-order valence-electron chi connectivity index (χ2n) is 3.54. The molecule has 4 heteroatoms. The van der Waals surface area contributed by atoms with E-state index in [-0.39, 0.29) is 11.6 Å². The van der Waals surface area contributed by atoms with Crippen molar-refractivity contribution in [3.8, 4) is 0 Å². The Morgan fingerprint density at radius 3 is 2.27 bits per heavy atom. The molecule has 0 spiro atoms. The van der Waals surface area contributed by atoms with E-state index in [1.54, 1.807) is 0 Å². The Morgan fingerprint density at radius 1 is 1.27 bits per heavy atom. The van der Waals surface area contributed by atoms with E-state index in [9.17, 15) is 13.2 Å². The lowest BCUT2D eigenvalue weighted by Gasteiger charge is -2.11. The minimum absolute atomic E-state index is 0.0522. The largest absolute Gasteiger partial charge is 0.415 e. The molecule has 0 saturated heterocycles. The molecule has 0 radical (unpaired) electrons. The lowest BCUT2D eigenvalue weighted by molar-refractivity contribution is -0.137. The third kappa shape index (κ3) is 2.50. The molecule has 0 N–H and O–H groups in total. The highest BCUT2D eigenvalue weighted by Crippen LogP contribution is 2.35. The summed E-state index contributed by atoms with van der Waals surface area (Å²) in [5.41, 5.74) is -0.0317. The number of rotatable bonds is 1. The van der Waals surface area contributed by atoms with Crippen LogP contribution in [0, 0.1) is 6.57 Å². The number of hydrogen-bond donors (Lipinski definition) is 0. The first-order valence-corrected chi connectivity index (χ1v) is 4.45. The molecule has 0 aliphatic heterocycles. The van der Waals surface area contributed by atoms with Crippen molar-refractivity contribution >= 4 is 5.69 Å². The van der Waals surface area contributed by atoms with Crippen molar-refractivity contribution in [1.29, 1.82) is 0 Å². The van der Waals surface area contributed by atoms with Gasteiger partial charge in [0.25, 0.3) is 0 Å². The van der Waals surface area contributed by atoms with Crippen molar-refractivity contribution in [3.05, 3.63) is 40.7 Å². The first-order chi connectivity index (χ1) is 6.86. The first-order valence-electron chi connectivity index (χ1n) is 4.45. The molecule has 0 bridgehead atoms. The fraction of sp³-hybridized carbons (Fsp3) is 0.364. The second-order valence-corrected chi connectivity index (χ2v) is 3.54. The maximum atomic E-state index is 12.3. The maximum Gasteiger partial charge on any atom is 0.415 e. The molecule has 0 unspecified atom stereocenters. The number of benzene rings is 1. The Kier molecular flexibility index (Phi) is 3.04. The summed E-state index contributed by atoms with van der Waals surface area (Å²) in [6.45, 7) is 10.5. The fourth-order valence-electron chi connectivity index (χ4n) is 1.31. The van der Waals surface area contributed by atoms with E-state index in [1.807, 2.05) is 13.8 Å². The summed E-state index contributed by atoms with van der Waals surface area (Å²) in [7, 11) is 0. The standard InChI is InChI=1S/C11H10F3N/c1-7(2)9-5-4-8(11(12,13)14)6-10(9)15-3/h4-7H,1-2H3. The van der Waals surface area contributed by atoms with E-state index in [4.69, 9.17) is 6.57 Å². The summed E-state index contributed by atoms with van der Waals surface area (Å²) in [4.78, 5) is 3.12. The van der Waals surface area contributed by atoms with Gasteiger partial charge in [-0.3, -0.25) is 0 Å². The summed E-state index contributed by atoms with van der Waals surface area (Å²) >= 11 is 0. The molecule has 0 aliphatic rings. The zero-order valence-electron chi connectivity index (χ0n) is 8.39. The van der Waals surface area contributed by atoms with Crippen molar-refractivity contribution in [2.45, 2.75) is 25.9 Å². The van der Waals surface area contributed by atoms with Crippen molar-refractivity contribution in [2.24, 2.45) is 0 Å². The van der Waals surface area contributed by atoms with Crippen LogP contribution in [0.1, 0.15) is 30.9 Å². The van der Waals surface area contributed by atoms with Gasteiger partial charge >= 0.3 is 6.18 Å². The molecule has 0 saturated carbocycles. The van der Waals surface area contributed by atoms with Gasteiger partial charge in [0.15, 0.2) is 5.69 Å². The Balaban J connectivity index is 3.27. The lowest BCUT2D eigenvalue weighted by Crippen LogP contribution is -2.04. The first kappa shape index (κ1) is 11.6. The normalized spacial score (nSPS) is 11.5. The Morgan fingerprint density at radius 2 is 1.87 bits per heavy atom. The summed E-state index contributed by atoms with van der Waals surface area (Å²) in [5.74, 6) is 0.0522. The van der Waals surface area contributed by atoms with Crippen LogP contribution in [0.4, 0.5) is 18.9 Å². The molecule has 0 aromatic heterocycles. The van der Waals surface area contributed by atoms with Gasteiger partial charge in [0.1, 0.15) is 0 Å². The fourth-order valence-corrected chi connectivity index (χ4v) is 1.31. The molecule has 0 fully saturated rings. The Hall–Kier alpha value is -1.50. The van der Waals surface area contributed by atoms with Gasteiger partial charge in [-0.1, -0.05) is 26.0 Å². The number of hydrogen-bond acceptors (Lipinski definition) is 0. The van der Waals surface area contributed by atoms with Crippen molar-refractivity contribution < 1.29 is 13.2 Å². The third-order valence-electron chi connectivity index (χ3n) is 2.10. The molecule has 1 rings (SSSR count). The number of alkyl halides is 3. The van der Waals surface area contributed by atoms with Crippen LogP contribution < -0.4 is 0 Å². The van der Waals surface area contributed by atoms with E-state index in [2.05, 4.69) is 4.85 Å². The van der Waals surface area contributed by atoms with Gasteiger partial charge in [-0.25, -0.2) is 4.85 Å². The van der Waals surface area contributed by atoms with Gasteiger partial charge in [0.05, 0.1) is 6.57 Å². The van der Waals surface area contributed by atoms with Crippen LogP contribution in [-0.4, -0.2) is 0 Å². The molecule has 15 heavy (non-hydrogen) atoms. The van der Waals surface area contributed by atoms with Crippen molar-refractivity contribution in [1.82, 2.24) is 0 Å². The minimum Gasteiger partial charge on any atom is -0.238 e. The highest BCUT2D eigenvalue weighted by molar-refractivity contribution is 5.56. The molecule has 1 aromatic carbocycles. The molecule has 1 nitrogen and oxygen atoms in total. The van der Waals surface area contributed by atoms with E-state index < -0.39 is 11.7 Å². The summed E-state index contributed by atoms with van der Waals surface area (Å²) < 4.78 is 37.0. The van der Waals surface area contributed by atoms with Crippen molar-refractivity contribution in [2.75, 3.05) is 0 Å². The van der Waals surface area contributed by atoms with Gasteiger partial charge in [-0.2, -0.15) is 13.2 Å². The van der Waals surface area contributed by atoms with Crippen LogP contribution in [0.3, 0.4) is 0 Å². The molecular weight excluding hydrogens is 203 g/mol. The molecule has 0 atom stereocenters. The van der Waals surface area contributed by atoms with Gasteiger partial charge < -0.3 is 0 Å². The lowest BCUT2D eigenvalue weighted by atomic mass is 9.99. The number of halogens is 3. The van der Waals surface area contributed by atoms with Crippen LogP contribution in [-0.2, 0) is 6.18 Å². The zero-order chi connectivity index (χ0) is 11.6. The Bertz CT molecular complexity index is 399. The van der Waals surface area contributed by atoms with Crippen LogP contribution in [0.15, 0.2) is 18.2 Å². The topological polar surface area (TPSA) is 4.36 Å². The van der Waals surface area contributed by atoms with Crippen LogP contribution in [0.5, 0.6) is 0 Å². The van der Waals surface area contributed by atoms with Crippen LogP contribution in [0.2, 0.25) is 0 Å². The van der Waals surface area contributed by atoms with Gasteiger partial charge in [-0.15, -0.1) is 0 Å². The second kappa shape index (κ2) is 3.93. The van der Waals surface area contributed by atoms with E-state index in [0.717, 1.165) is 12.1 Å². The quantitative estimate of drug-likeness (QED) is 0.610. The summed E-state index contributed by atoms with van der Waals surface area (Å²) in [6.07, 6.45) is -4.38. The van der Waals surface area contributed by atoms with Gasteiger partial charge in [0, 0.05) is 5.56 Å². The van der Waals surface area contributed by atoms with Crippen molar-refractivity contribution in [3.63, 3.8) is 0 Å². The molecule has 0 amide bonds. The summed E-state index contributed by atoms with van der Waals surface area (Å²) in [6, 6.07) is 3.30. The molecule has 0 aliphatic carbocycles. The van der Waals surface area contributed by atoms with Gasteiger partial charge in [0.2, 0.25) is 0 Å². The predicted molar refractivity (Wildman–Crippen MR) is 51.8 cm³/mol. The highest BCUT2D eigenvalue weighted by Gasteiger charge is 2.30. The molecule has 80 valence electrons. The average molecular weight is 213 g/mol. The van der Waals surface area contributed by atoms with Crippen LogP contribution in [0.25, 0.3) is 4.85 Å². The predicted octanol–water partition coefficient (Wildman–Crippen LogP) is 4.38. The monoisotopic (exact) mass is 213 g/mol. The minimum atomic E-state index is -4.38. The van der Waals surface area contributed by atoms with E-state index in [0.29, 0.717) is 5.56 Å².